The molecule has 0 aliphatic rings. The van der Waals surface area contributed by atoms with E-state index in [9.17, 15) is 26.1 Å². The van der Waals surface area contributed by atoms with E-state index in [1.165, 1.54) is 0 Å². The van der Waals surface area contributed by atoms with Crippen LogP contribution in [0.25, 0.3) is 5.83 Å². The van der Waals surface area contributed by atoms with E-state index >= 15 is 0 Å². The Balaban J connectivity index is 0.00000256. The number of halogens is 4. The molecule has 0 unspecified atom stereocenters. The second-order valence-electron chi connectivity index (χ2n) is 2.67. The van der Waals surface area contributed by atoms with Crippen molar-refractivity contribution in [2.24, 2.45) is 0 Å². The van der Waals surface area contributed by atoms with Gasteiger partial charge in [0.05, 0.1) is 9.92 Å². The zero-order valence-electron chi connectivity index (χ0n) is 8.38. The minimum atomic E-state index is -4.80. The van der Waals surface area contributed by atoms with Crippen molar-refractivity contribution in [2.45, 2.75) is 4.90 Å². The van der Waals surface area contributed by atoms with Gasteiger partial charge in [-0.3, -0.25) is 0 Å². The van der Waals surface area contributed by atoms with Crippen molar-refractivity contribution in [2.75, 3.05) is 0 Å². The minimum Gasteiger partial charge on any atom is -0.744 e. The summed E-state index contributed by atoms with van der Waals surface area (Å²) in [6, 6.07) is 2.04. The number of hydrogen-bond donors (Lipinski definition) is 0. The smallest absolute Gasteiger partial charge is 0.744 e. The standard InChI is InChI=1S/C8H4ClF3O3S.Na/c9-5-3-4(7(10)8(11)12)1-2-6(5)16(13,14)15;/h1-3H,(H,13,14,15);/q;+1/p-1. The number of rotatable bonds is 2. The average molecular weight is 295 g/mol. The van der Waals surface area contributed by atoms with Crippen LogP contribution in [0.4, 0.5) is 13.2 Å². The fourth-order valence-electron chi connectivity index (χ4n) is 0.949. The molecule has 0 atom stereocenters. The number of benzene rings is 1. The fraction of sp³-hybridized carbons (Fsp3) is 0. The molecule has 3 nitrogen and oxygen atoms in total. The zero-order valence-corrected chi connectivity index (χ0v) is 11.9. The quantitative estimate of drug-likeness (QED) is 0.560. The average Bonchev–Trinajstić information content (AvgIpc) is 2.14. The maximum atomic E-state index is 12.7. The van der Waals surface area contributed by atoms with Crippen LogP contribution in [0.15, 0.2) is 29.2 Å². The molecule has 0 aliphatic carbocycles. The molecule has 1 rings (SSSR count). The molecule has 0 saturated heterocycles. The molecule has 0 aliphatic heterocycles. The topological polar surface area (TPSA) is 57.2 Å². The molecule has 0 N–H and O–H groups in total. The summed E-state index contributed by atoms with van der Waals surface area (Å²) in [7, 11) is -4.80. The second kappa shape index (κ2) is 6.21. The first-order valence-electron chi connectivity index (χ1n) is 3.70. The van der Waals surface area contributed by atoms with Crippen molar-refractivity contribution in [1.29, 1.82) is 0 Å². The third kappa shape index (κ3) is 4.27. The summed E-state index contributed by atoms with van der Waals surface area (Å²) >= 11 is 5.35. The summed E-state index contributed by atoms with van der Waals surface area (Å²) in [5.74, 6) is -1.82. The third-order valence-electron chi connectivity index (χ3n) is 1.62. The molecular weight excluding hydrogens is 292 g/mol. The van der Waals surface area contributed by atoms with Gasteiger partial charge in [-0.2, -0.15) is 8.78 Å². The Hall–Kier alpha value is -0.0500. The molecule has 0 aromatic heterocycles. The molecule has 9 heteroatoms. The molecule has 0 amide bonds. The van der Waals surface area contributed by atoms with Crippen molar-refractivity contribution in [1.82, 2.24) is 0 Å². The van der Waals surface area contributed by atoms with Crippen LogP contribution in [0.3, 0.4) is 0 Å². The molecule has 0 radical (unpaired) electrons. The van der Waals surface area contributed by atoms with Crippen LogP contribution in [0, 0.1) is 0 Å². The molecule has 0 saturated carbocycles. The Morgan fingerprint density at radius 3 is 2.12 bits per heavy atom. The molecule has 1 aromatic carbocycles. The summed E-state index contributed by atoms with van der Waals surface area (Å²) < 4.78 is 68.2. The molecule has 0 fully saturated rings. The van der Waals surface area contributed by atoms with Gasteiger partial charge in [0.2, 0.25) is 0 Å². The number of hydrogen-bond acceptors (Lipinski definition) is 3. The molecule has 1 aromatic rings. The van der Waals surface area contributed by atoms with Crippen LogP contribution in [0.5, 0.6) is 0 Å². The van der Waals surface area contributed by atoms with Crippen LogP contribution in [0.1, 0.15) is 5.56 Å². The largest absolute Gasteiger partial charge is 1.00 e. The first kappa shape index (κ1) is 16.9. The van der Waals surface area contributed by atoms with Crippen LogP contribution in [0.2, 0.25) is 5.02 Å². The predicted octanol–water partition coefficient (Wildman–Crippen LogP) is -0.217. The van der Waals surface area contributed by atoms with Crippen LogP contribution < -0.4 is 29.6 Å². The van der Waals surface area contributed by atoms with Crippen molar-refractivity contribution in [3.63, 3.8) is 0 Å². The third-order valence-corrected chi connectivity index (χ3v) is 2.94. The first-order chi connectivity index (χ1) is 7.23. The monoisotopic (exact) mass is 294 g/mol. The first-order valence-corrected chi connectivity index (χ1v) is 5.48. The van der Waals surface area contributed by atoms with Gasteiger partial charge >= 0.3 is 35.6 Å². The molecule has 0 heterocycles. The second-order valence-corrected chi connectivity index (χ2v) is 4.43. The minimum absolute atomic E-state index is 0. The fourth-order valence-corrected chi connectivity index (χ4v) is 1.95. The van der Waals surface area contributed by atoms with Crippen LogP contribution in [-0.2, 0) is 10.1 Å². The van der Waals surface area contributed by atoms with Gasteiger partial charge < -0.3 is 4.55 Å². The van der Waals surface area contributed by atoms with Gasteiger partial charge in [-0.25, -0.2) is 12.8 Å². The van der Waals surface area contributed by atoms with Gasteiger partial charge in [-0.05, 0) is 12.1 Å². The van der Waals surface area contributed by atoms with E-state index in [2.05, 4.69) is 0 Å². The summed E-state index contributed by atoms with van der Waals surface area (Å²) in [5.41, 5.74) is -0.600. The zero-order chi connectivity index (χ0) is 12.5. The molecule has 0 spiro atoms. The van der Waals surface area contributed by atoms with Gasteiger partial charge in [0.15, 0.2) is 5.83 Å². The maximum absolute atomic E-state index is 12.7. The van der Waals surface area contributed by atoms with Crippen molar-refractivity contribution < 1.29 is 55.7 Å². The Morgan fingerprint density at radius 2 is 1.76 bits per heavy atom. The molecular formula is C8H3ClF3NaO3S. The Labute approximate surface area is 122 Å². The van der Waals surface area contributed by atoms with E-state index < -0.39 is 37.5 Å². The Kier molecular flexibility index (Phi) is 6.20. The van der Waals surface area contributed by atoms with E-state index in [0.29, 0.717) is 12.1 Å². The van der Waals surface area contributed by atoms with Crippen molar-refractivity contribution in [3.05, 3.63) is 34.9 Å². The van der Waals surface area contributed by atoms with E-state index in [-0.39, 0.29) is 29.6 Å². The van der Waals surface area contributed by atoms with E-state index in [1.807, 2.05) is 0 Å². The van der Waals surface area contributed by atoms with Gasteiger partial charge in [-0.1, -0.05) is 17.7 Å². The van der Waals surface area contributed by atoms with Crippen molar-refractivity contribution >= 4 is 27.5 Å². The van der Waals surface area contributed by atoms with E-state index in [0.717, 1.165) is 6.07 Å². The molecule has 88 valence electrons. The van der Waals surface area contributed by atoms with Gasteiger partial charge in [0.25, 0.3) is 0 Å². The Bertz CT molecular complexity index is 555. The van der Waals surface area contributed by atoms with Gasteiger partial charge in [0, 0.05) is 5.56 Å². The van der Waals surface area contributed by atoms with Crippen LogP contribution in [-0.4, -0.2) is 13.0 Å². The van der Waals surface area contributed by atoms with Gasteiger partial charge in [-0.15, -0.1) is 0 Å². The van der Waals surface area contributed by atoms with E-state index in [1.54, 1.807) is 0 Å². The SMILES string of the molecule is O=S(=O)([O-])c1ccc(C(F)=C(F)F)cc1Cl.[Na+]. The van der Waals surface area contributed by atoms with Crippen molar-refractivity contribution in [3.8, 4) is 0 Å². The van der Waals surface area contributed by atoms with Gasteiger partial charge in [0.1, 0.15) is 10.1 Å². The summed E-state index contributed by atoms with van der Waals surface area (Å²) in [6.07, 6.45) is -2.56. The Morgan fingerprint density at radius 1 is 1.24 bits per heavy atom. The molecule has 17 heavy (non-hydrogen) atoms. The summed E-state index contributed by atoms with van der Waals surface area (Å²) in [4.78, 5) is -0.787. The van der Waals surface area contributed by atoms with E-state index in [4.69, 9.17) is 11.6 Å². The summed E-state index contributed by atoms with van der Waals surface area (Å²) in [6.45, 7) is 0. The predicted molar refractivity (Wildman–Crippen MR) is 49.7 cm³/mol. The maximum Gasteiger partial charge on any atom is 1.00 e. The van der Waals surface area contributed by atoms with Crippen LogP contribution >= 0.6 is 11.6 Å². The summed E-state index contributed by atoms with van der Waals surface area (Å²) in [5, 5.41) is -0.607. The normalized spacial score (nSPS) is 10.6. The molecule has 0 bridgehead atoms.